The molecule has 3 saturated heterocycles. The number of nitrogens with zero attached hydrogens (tertiary/aromatic N) is 4. The van der Waals surface area contributed by atoms with Crippen molar-refractivity contribution in [1.29, 1.82) is 0 Å². The molecular formula is C35H41F3N6O5. The topological polar surface area (TPSA) is 120 Å². The third kappa shape index (κ3) is 8.92. The van der Waals surface area contributed by atoms with Crippen LogP contribution >= 0.6 is 0 Å². The van der Waals surface area contributed by atoms with Crippen molar-refractivity contribution < 1.29 is 37.3 Å². The largest absolute Gasteiger partial charge is 0.445 e. The van der Waals surface area contributed by atoms with Crippen LogP contribution in [0.15, 0.2) is 60.7 Å². The molecule has 1 aromatic heterocycles. The summed E-state index contributed by atoms with van der Waals surface area (Å²) < 4.78 is 49.6. The number of benzene rings is 2. The van der Waals surface area contributed by atoms with Crippen LogP contribution in [0.1, 0.15) is 24.0 Å². The van der Waals surface area contributed by atoms with Crippen LogP contribution < -0.4 is 20.4 Å². The molecule has 14 heteroatoms. The van der Waals surface area contributed by atoms with E-state index in [1.165, 1.54) is 4.90 Å². The molecule has 2 aromatic carbocycles. The third-order valence-corrected chi connectivity index (χ3v) is 9.16. The number of halogens is 3. The molecule has 262 valence electrons. The van der Waals surface area contributed by atoms with Crippen molar-refractivity contribution in [3.63, 3.8) is 0 Å². The van der Waals surface area contributed by atoms with Gasteiger partial charge in [0.05, 0.1) is 25.4 Å². The fourth-order valence-electron chi connectivity index (χ4n) is 6.53. The second-order valence-electron chi connectivity index (χ2n) is 12.8. The van der Waals surface area contributed by atoms with Crippen molar-refractivity contribution >= 4 is 29.4 Å². The van der Waals surface area contributed by atoms with Gasteiger partial charge in [-0.2, -0.15) is 13.2 Å². The van der Waals surface area contributed by atoms with E-state index in [4.69, 9.17) is 14.5 Å². The van der Waals surface area contributed by atoms with Gasteiger partial charge < -0.3 is 39.9 Å². The van der Waals surface area contributed by atoms with Gasteiger partial charge in [0.1, 0.15) is 18.2 Å². The van der Waals surface area contributed by atoms with Gasteiger partial charge in [0.25, 0.3) is 0 Å². The third-order valence-electron chi connectivity index (χ3n) is 9.16. The van der Waals surface area contributed by atoms with Gasteiger partial charge in [-0.1, -0.05) is 36.4 Å². The van der Waals surface area contributed by atoms with Crippen molar-refractivity contribution in [2.45, 2.75) is 44.7 Å². The van der Waals surface area contributed by atoms with Gasteiger partial charge in [-0.25, -0.2) is 14.6 Å². The average Bonchev–Trinajstić information content (AvgIpc) is 3.70. The zero-order valence-corrected chi connectivity index (χ0v) is 27.3. The van der Waals surface area contributed by atoms with Crippen LogP contribution in [0.4, 0.5) is 40.1 Å². The Balaban J connectivity index is 1.19. The van der Waals surface area contributed by atoms with Gasteiger partial charge in [0.15, 0.2) is 0 Å². The Morgan fingerprint density at radius 3 is 2.45 bits per heavy atom. The number of amides is 3. The Morgan fingerprint density at radius 1 is 0.980 bits per heavy atom. The lowest BCUT2D eigenvalue weighted by Gasteiger charge is -2.29. The SMILES string of the molecule is Cc1ccc(NC(=O)N2CC[C@@H](CC(F)(F)F)C2)cc1-c1cc(N2CCOCC2)nc(N2C[C@@H](O)[C@H](NC(=O)OCc3ccccc3)C2)c1. The highest BCUT2D eigenvalue weighted by Crippen LogP contribution is 2.34. The molecule has 6 rings (SSSR count). The molecular weight excluding hydrogens is 641 g/mol. The number of aliphatic hydroxyl groups excluding tert-OH is 1. The molecule has 3 aromatic rings. The predicted octanol–water partition coefficient (Wildman–Crippen LogP) is 5.18. The van der Waals surface area contributed by atoms with Crippen LogP contribution in [0, 0.1) is 12.8 Å². The molecule has 3 fully saturated rings. The summed E-state index contributed by atoms with van der Waals surface area (Å²) >= 11 is 0. The molecule has 3 aliphatic rings. The number of aliphatic hydroxyl groups is 1. The normalized spacial score (nSPS) is 21.2. The monoisotopic (exact) mass is 682 g/mol. The summed E-state index contributed by atoms with van der Waals surface area (Å²) in [7, 11) is 0. The second kappa shape index (κ2) is 14.9. The Bertz CT molecular complexity index is 1620. The Hall–Kier alpha value is -4.56. The van der Waals surface area contributed by atoms with E-state index in [0.29, 0.717) is 50.8 Å². The maximum atomic E-state index is 13.0. The van der Waals surface area contributed by atoms with Crippen molar-refractivity contribution in [3.05, 3.63) is 71.8 Å². The number of anilines is 3. The molecule has 0 radical (unpaired) electrons. The number of morpholine rings is 1. The lowest BCUT2D eigenvalue weighted by atomic mass is 10.00. The van der Waals surface area contributed by atoms with E-state index in [2.05, 4.69) is 15.5 Å². The first-order valence-corrected chi connectivity index (χ1v) is 16.5. The number of nitrogens with one attached hydrogen (secondary N) is 2. The van der Waals surface area contributed by atoms with E-state index in [-0.39, 0.29) is 26.2 Å². The van der Waals surface area contributed by atoms with Gasteiger partial charge in [-0.15, -0.1) is 0 Å². The van der Waals surface area contributed by atoms with E-state index < -0.39 is 42.8 Å². The van der Waals surface area contributed by atoms with Gasteiger partial charge in [0, 0.05) is 51.4 Å². The average molecular weight is 683 g/mol. The summed E-state index contributed by atoms with van der Waals surface area (Å²) in [6.45, 7) is 5.35. The molecule has 3 amide bonds. The Kier molecular flexibility index (Phi) is 10.4. The minimum absolute atomic E-state index is 0.0585. The van der Waals surface area contributed by atoms with Crippen LogP contribution in [-0.4, -0.2) is 97.9 Å². The van der Waals surface area contributed by atoms with Crippen molar-refractivity contribution in [2.24, 2.45) is 5.92 Å². The highest BCUT2D eigenvalue weighted by atomic mass is 19.4. The molecule has 49 heavy (non-hydrogen) atoms. The maximum Gasteiger partial charge on any atom is 0.407 e. The maximum absolute atomic E-state index is 13.0. The molecule has 0 saturated carbocycles. The first kappa shape index (κ1) is 34.3. The highest BCUT2D eigenvalue weighted by Gasteiger charge is 2.37. The number of alkyl halides is 3. The van der Waals surface area contributed by atoms with Crippen LogP contribution in [-0.2, 0) is 16.1 Å². The number of urea groups is 1. The summed E-state index contributed by atoms with van der Waals surface area (Å²) in [4.78, 5) is 36.1. The Morgan fingerprint density at radius 2 is 1.71 bits per heavy atom. The van der Waals surface area contributed by atoms with E-state index in [9.17, 15) is 27.9 Å². The van der Waals surface area contributed by atoms with Crippen LogP contribution in [0.3, 0.4) is 0 Å². The van der Waals surface area contributed by atoms with Gasteiger partial charge in [0.2, 0.25) is 0 Å². The Labute approximate surface area is 283 Å². The summed E-state index contributed by atoms with van der Waals surface area (Å²) in [5, 5.41) is 16.6. The van der Waals surface area contributed by atoms with Gasteiger partial charge >= 0.3 is 18.3 Å². The number of hydrogen-bond acceptors (Lipinski definition) is 8. The summed E-state index contributed by atoms with van der Waals surface area (Å²) in [6, 6.07) is 17.7. The lowest BCUT2D eigenvalue weighted by Crippen LogP contribution is -2.43. The molecule has 0 unspecified atom stereocenters. The van der Waals surface area contributed by atoms with Crippen LogP contribution in [0.2, 0.25) is 0 Å². The first-order chi connectivity index (χ1) is 23.5. The molecule has 0 aliphatic carbocycles. The number of aromatic nitrogens is 1. The molecule has 0 bridgehead atoms. The smallest absolute Gasteiger partial charge is 0.407 e. The fourth-order valence-corrected chi connectivity index (χ4v) is 6.53. The fraction of sp³-hybridized carbons (Fsp3) is 0.457. The van der Waals surface area contributed by atoms with Crippen LogP contribution in [0.25, 0.3) is 11.1 Å². The number of alkyl carbamates (subject to hydrolysis) is 1. The standard InChI is InChI=1S/C35H41F3N6O5/c1-23-7-8-27(39-33(46)43-10-9-25(19-43)18-35(36,37)38)17-28(23)26-15-31(42-11-13-48-14-12-42)41-32(16-26)44-20-29(30(45)21-44)40-34(47)49-22-24-5-3-2-4-6-24/h2-8,15-17,25,29-30,45H,9-14,18-22H2,1H3,(H,39,46)(H,40,47)/t25-,29+,30+/m0/s1. The minimum atomic E-state index is -4.26. The van der Waals surface area contributed by atoms with Crippen molar-refractivity contribution in [3.8, 4) is 11.1 Å². The number of carbonyl (C=O) groups excluding carboxylic acids is 2. The number of ether oxygens (including phenoxy) is 2. The number of likely N-dealkylation sites (tertiary alicyclic amines) is 1. The van der Waals surface area contributed by atoms with E-state index in [1.54, 1.807) is 6.07 Å². The first-order valence-electron chi connectivity index (χ1n) is 16.5. The van der Waals surface area contributed by atoms with Crippen molar-refractivity contribution in [2.75, 3.05) is 67.6 Å². The number of aryl methyl sites for hydroxylation is 1. The van der Waals surface area contributed by atoms with Crippen molar-refractivity contribution in [1.82, 2.24) is 15.2 Å². The molecule has 11 nitrogen and oxygen atoms in total. The van der Waals surface area contributed by atoms with Gasteiger partial charge in [-0.3, -0.25) is 0 Å². The molecule has 3 N–H and O–H groups in total. The molecule has 0 spiro atoms. The lowest BCUT2D eigenvalue weighted by molar-refractivity contribution is -0.143. The summed E-state index contributed by atoms with van der Waals surface area (Å²) in [5.41, 5.74) is 3.99. The molecule has 3 aliphatic heterocycles. The second-order valence-corrected chi connectivity index (χ2v) is 12.8. The predicted molar refractivity (Wildman–Crippen MR) is 179 cm³/mol. The number of hydrogen-bond donors (Lipinski definition) is 3. The molecule has 3 atom stereocenters. The minimum Gasteiger partial charge on any atom is -0.445 e. The van der Waals surface area contributed by atoms with E-state index in [0.717, 1.165) is 28.1 Å². The summed E-state index contributed by atoms with van der Waals surface area (Å²) in [6.07, 6.45) is -6.32. The zero-order chi connectivity index (χ0) is 34.5. The summed E-state index contributed by atoms with van der Waals surface area (Å²) in [5.74, 6) is 0.735. The van der Waals surface area contributed by atoms with E-state index >= 15 is 0 Å². The number of rotatable bonds is 8. The quantitative estimate of drug-likeness (QED) is 0.298. The number of carbonyl (C=O) groups is 2. The highest BCUT2D eigenvalue weighted by molar-refractivity contribution is 5.91. The van der Waals surface area contributed by atoms with Crippen LogP contribution in [0.5, 0.6) is 0 Å². The number of β-amino-alcohol motifs (C(OH)–C–C–N with tert-alkyl or cyclic N) is 1. The molecule has 4 heterocycles. The van der Waals surface area contributed by atoms with E-state index in [1.807, 2.05) is 66.4 Å². The van der Waals surface area contributed by atoms with Gasteiger partial charge in [-0.05, 0) is 65.8 Å². The number of pyridine rings is 1. The zero-order valence-electron chi connectivity index (χ0n) is 27.3.